The summed E-state index contributed by atoms with van der Waals surface area (Å²) >= 11 is 3.57. The number of carbonyl (C=O) groups is 1. The maximum Gasteiger partial charge on any atom is 0.321 e. The van der Waals surface area contributed by atoms with Crippen molar-refractivity contribution < 1.29 is 37.0 Å². The molecular formula is C54H58N12O8S4. The Morgan fingerprint density at radius 1 is 0.846 bits per heavy atom. The standard InChI is InChI=1S/C54H58N12O8S4/c1-14-70-45(67)28-56-78(68,69)38-17-19-41-43(26-38)75-52(57-41)65(48-34(8)22-30(4)23-35(48)9)44-24-33(7)47(50(59-44)60-46-31(5)20-29(3)21-32(46)6)61-62-51-39(27-55)49(54(11,12)13)63-66(51)53-58-40-18-16-37(25-42(40)76-53)77-74-73-64-36(10)72-71-15-2/h16-26,56,64H,10,14-15,28H2,1-9,11-13H3,(H,59,60). The van der Waals surface area contributed by atoms with Gasteiger partial charge in [0.15, 0.2) is 16.8 Å². The highest BCUT2D eigenvalue weighted by Gasteiger charge is 2.30. The third kappa shape index (κ3) is 12.6. The van der Waals surface area contributed by atoms with E-state index in [0.29, 0.717) is 66.1 Å². The van der Waals surface area contributed by atoms with Crippen LogP contribution in [0.4, 0.5) is 39.6 Å². The van der Waals surface area contributed by atoms with Crippen LogP contribution in [0.1, 0.15) is 84.8 Å². The van der Waals surface area contributed by atoms with Gasteiger partial charge in [0.2, 0.25) is 21.0 Å². The summed E-state index contributed by atoms with van der Waals surface area (Å²) in [7, 11) is -4.09. The molecule has 0 amide bonds. The van der Waals surface area contributed by atoms with E-state index in [0.717, 1.165) is 61.5 Å². The number of ether oxygens (including phenoxy) is 1. The molecule has 0 saturated heterocycles. The number of fused-ring (bicyclic) bond motifs is 2. The first-order valence-corrected chi connectivity index (χ1v) is 28.4. The third-order valence-corrected chi connectivity index (χ3v) is 15.8. The molecule has 3 N–H and O–H groups in total. The third-order valence-electron chi connectivity index (χ3n) is 11.8. The second-order valence-corrected chi connectivity index (χ2v) is 23.7. The molecule has 0 unspecified atom stereocenters. The molecule has 0 aliphatic carbocycles. The lowest BCUT2D eigenvalue weighted by molar-refractivity contribution is -0.305. The van der Waals surface area contributed by atoms with Gasteiger partial charge in [-0.15, -0.1) is 14.6 Å². The van der Waals surface area contributed by atoms with E-state index in [1.54, 1.807) is 24.6 Å². The fraction of sp³-hybridized carbons (Fsp3) is 0.296. The van der Waals surface area contributed by atoms with Crippen LogP contribution >= 0.6 is 34.7 Å². The molecule has 0 radical (unpaired) electrons. The molecule has 78 heavy (non-hydrogen) atoms. The second kappa shape index (κ2) is 23.7. The maximum absolute atomic E-state index is 13.4. The minimum atomic E-state index is -4.09. The molecule has 4 aromatic heterocycles. The Balaban J connectivity index is 1.25. The van der Waals surface area contributed by atoms with Crippen molar-refractivity contribution in [1.82, 2.24) is 34.9 Å². The number of thiazole rings is 2. The molecule has 4 aromatic carbocycles. The number of nitrogens with zero attached hydrogens (tertiary/aromatic N) is 9. The number of aromatic nitrogens is 5. The fourth-order valence-corrected chi connectivity index (χ4v) is 12.1. The molecule has 0 bridgehead atoms. The highest BCUT2D eigenvalue weighted by molar-refractivity contribution is 7.94. The van der Waals surface area contributed by atoms with E-state index < -0.39 is 28.0 Å². The number of hydrogen-bond donors (Lipinski definition) is 3. The van der Waals surface area contributed by atoms with E-state index in [2.05, 4.69) is 52.4 Å². The average Bonchev–Trinajstić information content (AvgIpc) is 4.11. The van der Waals surface area contributed by atoms with E-state index in [-0.39, 0.29) is 28.8 Å². The molecule has 8 aromatic rings. The summed E-state index contributed by atoms with van der Waals surface area (Å²) in [6.45, 7) is 27.0. The van der Waals surface area contributed by atoms with Crippen molar-refractivity contribution >= 4 is 111 Å². The SMILES string of the molecule is C=C(NOOSc1ccc2nc(-n3nc(C(C)(C)C)c(C#N)c3N=Nc3c(C)cc(N(c4nc5ccc(S(=O)(=O)NCC(=O)OCC)cc5s4)c4c(C)cc(C)cc4C)nc3Nc3c(C)cc(C)cc3C)sc2c1)OOCC. The molecule has 0 fully saturated rings. The molecule has 0 aliphatic rings. The highest BCUT2D eigenvalue weighted by Crippen LogP contribution is 2.46. The van der Waals surface area contributed by atoms with E-state index in [9.17, 15) is 18.5 Å². The Hall–Kier alpha value is -7.34. The van der Waals surface area contributed by atoms with Crippen molar-refractivity contribution in [3.63, 3.8) is 0 Å². The van der Waals surface area contributed by atoms with Crippen LogP contribution in [-0.2, 0) is 44.1 Å². The van der Waals surface area contributed by atoms with Gasteiger partial charge in [-0.05, 0) is 139 Å². The minimum Gasteiger partial charge on any atom is -0.465 e. The topological polar surface area (TPSA) is 242 Å². The van der Waals surface area contributed by atoms with Crippen molar-refractivity contribution in [3.8, 4) is 11.2 Å². The number of sulfonamides is 1. The number of nitrogens with one attached hydrogen (secondary N) is 3. The van der Waals surface area contributed by atoms with Crippen molar-refractivity contribution in [1.29, 1.82) is 5.26 Å². The van der Waals surface area contributed by atoms with Gasteiger partial charge in [0.05, 0.1) is 62.0 Å². The van der Waals surface area contributed by atoms with Crippen LogP contribution in [0, 0.1) is 59.8 Å². The lowest BCUT2D eigenvalue weighted by Crippen LogP contribution is -2.30. The number of nitriles is 1. The molecule has 0 spiro atoms. The Kier molecular flexibility index (Phi) is 17.3. The zero-order chi connectivity index (χ0) is 56.2. The maximum atomic E-state index is 13.4. The summed E-state index contributed by atoms with van der Waals surface area (Å²) in [4.78, 5) is 44.8. The molecule has 0 atom stereocenters. The Morgan fingerprint density at radius 3 is 2.18 bits per heavy atom. The van der Waals surface area contributed by atoms with Gasteiger partial charge in [0.25, 0.3) is 0 Å². The van der Waals surface area contributed by atoms with Gasteiger partial charge >= 0.3 is 5.97 Å². The van der Waals surface area contributed by atoms with Gasteiger partial charge < -0.3 is 14.9 Å². The lowest BCUT2D eigenvalue weighted by Gasteiger charge is -2.27. The van der Waals surface area contributed by atoms with Gasteiger partial charge in [0, 0.05) is 16.0 Å². The van der Waals surface area contributed by atoms with Crippen LogP contribution in [-0.4, -0.2) is 58.9 Å². The number of hydroxylamine groups is 1. The molecule has 4 heterocycles. The number of azo groups is 1. The number of anilines is 5. The molecule has 0 saturated carbocycles. The summed E-state index contributed by atoms with van der Waals surface area (Å²) in [5.41, 5.74) is 12.5. The molecule has 8 rings (SSSR count). The molecule has 0 aliphatic heterocycles. The zero-order valence-electron chi connectivity index (χ0n) is 45.1. The number of carbonyl (C=O) groups excluding carboxylic acids is 1. The monoisotopic (exact) mass is 1130 g/mol. The summed E-state index contributed by atoms with van der Waals surface area (Å²) in [6, 6.07) is 22.8. The van der Waals surface area contributed by atoms with E-state index in [1.165, 1.54) is 34.8 Å². The average molecular weight is 1130 g/mol. The normalized spacial score (nSPS) is 11.9. The number of rotatable bonds is 21. The summed E-state index contributed by atoms with van der Waals surface area (Å²) < 4.78 is 42.3. The number of benzene rings is 4. The second-order valence-electron chi connectivity index (χ2n) is 19.1. The van der Waals surface area contributed by atoms with Crippen LogP contribution in [0.15, 0.2) is 99.2 Å². The van der Waals surface area contributed by atoms with Crippen molar-refractivity contribution in [2.45, 2.75) is 98.3 Å². The quantitative estimate of drug-likeness (QED) is 0.0115. The molecule has 24 heteroatoms. The zero-order valence-corrected chi connectivity index (χ0v) is 48.4. The van der Waals surface area contributed by atoms with Gasteiger partial charge in [0.1, 0.15) is 29.7 Å². The first-order valence-electron chi connectivity index (χ1n) is 24.5. The van der Waals surface area contributed by atoms with Gasteiger partial charge in [-0.2, -0.15) is 30.1 Å². The smallest absolute Gasteiger partial charge is 0.321 e. The molecular weight excluding hydrogens is 1070 g/mol. The number of hydrogen-bond acceptors (Lipinski definition) is 21. The fourth-order valence-electron chi connectivity index (χ4n) is 8.57. The van der Waals surface area contributed by atoms with Crippen LogP contribution in [0.5, 0.6) is 0 Å². The predicted molar refractivity (Wildman–Crippen MR) is 304 cm³/mol. The largest absolute Gasteiger partial charge is 0.465 e. The molecule has 406 valence electrons. The first-order chi connectivity index (χ1) is 37.1. The van der Waals surface area contributed by atoms with Crippen molar-refractivity contribution in [2.75, 3.05) is 30.0 Å². The lowest BCUT2D eigenvalue weighted by atomic mass is 9.90. The Morgan fingerprint density at radius 2 is 1.51 bits per heavy atom. The van der Waals surface area contributed by atoms with Crippen LogP contribution < -0.4 is 20.4 Å². The minimum absolute atomic E-state index is 0.000762. The highest BCUT2D eigenvalue weighted by atomic mass is 32.2. The van der Waals surface area contributed by atoms with Crippen molar-refractivity contribution in [2.24, 2.45) is 10.2 Å². The number of pyridine rings is 1. The predicted octanol–water partition coefficient (Wildman–Crippen LogP) is 13.2. The Labute approximate surface area is 464 Å². The first kappa shape index (κ1) is 56.9. The summed E-state index contributed by atoms with van der Waals surface area (Å²) in [5, 5.41) is 30.2. The van der Waals surface area contributed by atoms with Crippen LogP contribution in [0.25, 0.3) is 25.6 Å². The van der Waals surface area contributed by atoms with Crippen LogP contribution in [0.2, 0.25) is 0 Å². The van der Waals surface area contributed by atoms with E-state index >= 15 is 0 Å². The van der Waals surface area contributed by atoms with Gasteiger partial charge in [-0.1, -0.05) is 83.8 Å². The van der Waals surface area contributed by atoms with Gasteiger partial charge in [-0.3, -0.25) is 9.69 Å². The van der Waals surface area contributed by atoms with Crippen LogP contribution in [0.3, 0.4) is 0 Å². The molecule has 20 nitrogen and oxygen atoms in total. The number of esters is 1. The van der Waals surface area contributed by atoms with E-state index in [4.69, 9.17) is 54.1 Å². The number of aryl methyl sites for hydroxylation is 7. The Bertz CT molecular complexity index is 3760. The van der Waals surface area contributed by atoms with E-state index in [1.807, 2.05) is 98.4 Å². The summed E-state index contributed by atoms with van der Waals surface area (Å²) in [6.07, 6.45) is 0. The van der Waals surface area contributed by atoms with Gasteiger partial charge in [-0.25, -0.2) is 23.4 Å². The van der Waals surface area contributed by atoms with Crippen molar-refractivity contribution in [3.05, 3.63) is 129 Å². The summed E-state index contributed by atoms with van der Waals surface area (Å²) in [5.74, 6) is 0.323.